The van der Waals surface area contributed by atoms with E-state index in [1.54, 1.807) is 5.51 Å². The zero-order chi connectivity index (χ0) is 11.4. The Bertz CT molecular complexity index is 358. The van der Waals surface area contributed by atoms with Crippen LogP contribution >= 0.6 is 11.3 Å². The lowest BCUT2D eigenvalue weighted by Gasteiger charge is -2.22. The van der Waals surface area contributed by atoms with Gasteiger partial charge in [-0.05, 0) is 38.8 Å². The number of aromatic nitrogens is 1. The first-order valence-corrected chi connectivity index (χ1v) is 6.54. The monoisotopic (exact) mass is 239 g/mol. The van der Waals surface area contributed by atoms with Gasteiger partial charge in [0.25, 0.3) is 5.91 Å². The summed E-state index contributed by atoms with van der Waals surface area (Å²) in [6.07, 6.45) is 2.41. The van der Waals surface area contributed by atoms with Gasteiger partial charge >= 0.3 is 0 Å². The van der Waals surface area contributed by atoms with Gasteiger partial charge in [0.05, 0.1) is 11.2 Å². The maximum absolute atomic E-state index is 11.8. The third-order valence-corrected chi connectivity index (χ3v) is 3.83. The maximum Gasteiger partial charge on any atom is 0.263 e. The SMILES string of the molecule is Cc1ncsc1C(=O)NCC1CCCNC1. The fraction of sp³-hybridized carbons (Fsp3) is 0.636. The number of nitrogens with zero attached hydrogens (tertiary/aromatic N) is 1. The highest BCUT2D eigenvalue weighted by molar-refractivity contribution is 7.11. The van der Waals surface area contributed by atoms with Gasteiger partial charge < -0.3 is 10.6 Å². The highest BCUT2D eigenvalue weighted by atomic mass is 32.1. The van der Waals surface area contributed by atoms with Crippen LogP contribution in [0.1, 0.15) is 28.2 Å². The van der Waals surface area contributed by atoms with Crippen molar-refractivity contribution in [3.05, 3.63) is 16.1 Å². The standard InChI is InChI=1S/C11H17N3OS/c1-8-10(16-7-14-8)11(15)13-6-9-3-2-4-12-5-9/h7,9,12H,2-6H2,1H3,(H,13,15). The average Bonchev–Trinajstić information content (AvgIpc) is 2.74. The van der Waals surface area contributed by atoms with Crippen molar-refractivity contribution in [2.24, 2.45) is 5.92 Å². The van der Waals surface area contributed by atoms with Crippen molar-refractivity contribution in [2.45, 2.75) is 19.8 Å². The smallest absolute Gasteiger partial charge is 0.263 e. The van der Waals surface area contributed by atoms with E-state index in [9.17, 15) is 4.79 Å². The molecule has 88 valence electrons. The van der Waals surface area contributed by atoms with Crippen LogP contribution in [-0.2, 0) is 0 Å². The fourth-order valence-electron chi connectivity index (χ4n) is 1.94. The maximum atomic E-state index is 11.8. The molecule has 0 spiro atoms. The summed E-state index contributed by atoms with van der Waals surface area (Å²) in [4.78, 5) is 16.6. The molecule has 0 saturated carbocycles. The van der Waals surface area contributed by atoms with E-state index in [2.05, 4.69) is 15.6 Å². The van der Waals surface area contributed by atoms with Gasteiger partial charge in [0.2, 0.25) is 0 Å². The van der Waals surface area contributed by atoms with Gasteiger partial charge in [-0.3, -0.25) is 4.79 Å². The molecule has 4 nitrogen and oxygen atoms in total. The molecule has 1 aliphatic rings. The molecule has 1 atom stereocenters. The van der Waals surface area contributed by atoms with Crippen molar-refractivity contribution < 1.29 is 4.79 Å². The Morgan fingerprint density at radius 1 is 1.75 bits per heavy atom. The highest BCUT2D eigenvalue weighted by Gasteiger charge is 2.16. The minimum Gasteiger partial charge on any atom is -0.351 e. The largest absolute Gasteiger partial charge is 0.351 e. The van der Waals surface area contributed by atoms with E-state index < -0.39 is 0 Å². The first-order valence-electron chi connectivity index (χ1n) is 5.66. The van der Waals surface area contributed by atoms with E-state index in [1.807, 2.05) is 6.92 Å². The summed E-state index contributed by atoms with van der Waals surface area (Å²) in [5.74, 6) is 0.594. The lowest BCUT2D eigenvalue weighted by atomic mass is 10.00. The first-order chi connectivity index (χ1) is 7.77. The summed E-state index contributed by atoms with van der Waals surface area (Å²) in [5, 5.41) is 6.33. The number of aryl methyl sites for hydroxylation is 1. The number of hydrogen-bond donors (Lipinski definition) is 2. The first kappa shape index (κ1) is 11.5. The number of hydrogen-bond acceptors (Lipinski definition) is 4. The molecular weight excluding hydrogens is 222 g/mol. The molecule has 0 aromatic carbocycles. The number of carbonyl (C=O) groups excluding carboxylic acids is 1. The van der Waals surface area contributed by atoms with Crippen LogP contribution in [0.2, 0.25) is 0 Å². The predicted octanol–water partition coefficient (Wildman–Crippen LogP) is 1.18. The summed E-state index contributed by atoms with van der Waals surface area (Å²) in [7, 11) is 0. The molecule has 1 fully saturated rings. The molecule has 1 amide bonds. The second-order valence-electron chi connectivity index (χ2n) is 4.19. The fourth-order valence-corrected chi connectivity index (χ4v) is 2.65. The van der Waals surface area contributed by atoms with Crippen LogP contribution in [0.15, 0.2) is 5.51 Å². The lowest BCUT2D eigenvalue weighted by molar-refractivity contribution is 0.0948. The second kappa shape index (κ2) is 5.41. The van der Waals surface area contributed by atoms with E-state index in [0.29, 0.717) is 5.92 Å². The molecule has 16 heavy (non-hydrogen) atoms. The molecule has 0 radical (unpaired) electrons. The molecule has 1 aliphatic heterocycles. The van der Waals surface area contributed by atoms with Crippen molar-refractivity contribution in [3.63, 3.8) is 0 Å². The van der Waals surface area contributed by atoms with Gasteiger partial charge in [-0.25, -0.2) is 4.98 Å². The molecule has 2 N–H and O–H groups in total. The molecule has 5 heteroatoms. The normalized spacial score (nSPS) is 20.7. The van der Waals surface area contributed by atoms with Crippen molar-refractivity contribution in [1.29, 1.82) is 0 Å². The summed E-state index contributed by atoms with van der Waals surface area (Å²) >= 11 is 1.41. The number of amides is 1. The number of nitrogens with one attached hydrogen (secondary N) is 2. The lowest BCUT2D eigenvalue weighted by Crippen LogP contribution is -2.38. The van der Waals surface area contributed by atoms with Crippen LogP contribution < -0.4 is 10.6 Å². The molecule has 0 aliphatic carbocycles. The van der Waals surface area contributed by atoms with E-state index in [-0.39, 0.29) is 5.91 Å². The summed E-state index contributed by atoms with van der Waals surface area (Å²) in [5.41, 5.74) is 2.54. The van der Waals surface area contributed by atoms with Crippen LogP contribution in [0, 0.1) is 12.8 Å². The van der Waals surface area contributed by atoms with E-state index in [0.717, 1.165) is 30.2 Å². The molecule has 1 saturated heterocycles. The van der Waals surface area contributed by atoms with Gasteiger partial charge in [-0.1, -0.05) is 0 Å². The van der Waals surface area contributed by atoms with Crippen molar-refractivity contribution in [3.8, 4) is 0 Å². The average molecular weight is 239 g/mol. The van der Waals surface area contributed by atoms with Gasteiger partial charge in [0.1, 0.15) is 4.88 Å². The van der Waals surface area contributed by atoms with Crippen LogP contribution in [0.4, 0.5) is 0 Å². The molecule has 2 heterocycles. The quantitative estimate of drug-likeness (QED) is 0.833. The third-order valence-electron chi connectivity index (χ3n) is 2.90. The van der Waals surface area contributed by atoms with E-state index >= 15 is 0 Å². The molecular formula is C11H17N3OS. The number of carbonyl (C=O) groups is 1. The molecule has 1 aromatic rings. The van der Waals surface area contributed by atoms with Crippen molar-refractivity contribution in [1.82, 2.24) is 15.6 Å². The molecule has 1 aromatic heterocycles. The molecule has 2 rings (SSSR count). The van der Waals surface area contributed by atoms with Crippen LogP contribution in [0.5, 0.6) is 0 Å². The Kier molecular flexibility index (Phi) is 3.90. The summed E-state index contributed by atoms with van der Waals surface area (Å²) in [6.45, 7) is 4.76. The van der Waals surface area contributed by atoms with Gasteiger partial charge in [0.15, 0.2) is 0 Å². The summed E-state index contributed by atoms with van der Waals surface area (Å²) in [6, 6.07) is 0. The van der Waals surface area contributed by atoms with Crippen LogP contribution in [-0.4, -0.2) is 30.5 Å². The highest BCUT2D eigenvalue weighted by Crippen LogP contribution is 2.13. The molecule has 0 bridgehead atoms. The molecule has 1 unspecified atom stereocenters. The zero-order valence-corrected chi connectivity index (χ0v) is 10.3. The minimum absolute atomic E-state index is 0.0190. The van der Waals surface area contributed by atoms with Crippen molar-refractivity contribution >= 4 is 17.2 Å². The van der Waals surface area contributed by atoms with Gasteiger partial charge in [0, 0.05) is 6.54 Å². The number of thiazole rings is 1. The Labute approximate surface area is 99.5 Å². The Morgan fingerprint density at radius 3 is 3.25 bits per heavy atom. The van der Waals surface area contributed by atoms with Crippen LogP contribution in [0.25, 0.3) is 0 Å². The van der Waals surface area contributed by atoms with E-state index in [1.165, 1.54) is 24.2 Å². The van der Waals surface area contributed by atoms with Gasteiger partial charge in [-0.2, -0.15) is 0 Å². The van der Waals surface area contributed by atoms with Crippen LogP contribution in [0.3, 0.4) is 0 Å². The minimum atomic E-state index is 0.0190. The number of piperidine rings is 1. The Morgan fingerprint density at radius 2 is 2.62 bits per heavy atom. The zero-order valence-electron chi connectivity index (χ0n) is 9.45. The van der Waals surface area contributed by atoms with E-state index in [4.69, 9.17) is 0 Å². The Hall–Kier alpha value is -0.940. The second-order valence-corrected chi connectivity index (χ2v) is 5.04. The summed E-state index contributed by atoms with van der Waals surface area (Å²) < 4.78 is 0. The van der Waals surface area contributed by atoms with Crippen molar-refractivity contribution in [2.75, 3.05) is 19.6 Å². The topological polar surface area (TPSA) is 54.0 Å². The number of rotatable bonds is 3. The van der Waals surface area contributed by atoms with Gasteiger partial charge in [-0.15, -0.1) is 11.3 Å². The Balaban J connectivity index is 1.81. The third kappa shape index (κ3) is 2.80. The predicted molar refractivity (Wildman–Crippen MR) is 64.8 cm³/mol.